The Morgan fingerprint density at radius 1 is 1.41 bits per heavy atom. The third-order valence-electron chi connectivity index (χ3n) is 2.47. The van der Waals surface area contributed by atoms with E-state index in [4.69, 9.17) is 10.00 Å². The summed E-state index contributed by atoms with van der Waals surface area (Å²) < 4.78 is 18.5. The zero-order valence-corrected chi connectivity index (χ0v) is 13.0. The van der Waals surface area contributed by atoms with Gasteiger partial charge in [-0.05, 0) is 39.0 Å². The highest BCUT2D eigenvalue weighted by molar-refractivity contribution is 5.67. The fourth-order valence-corrected chi connectivity index (χ4v) is 1.58. The molecule has 1 aromatic carbocycles. The molecular formula is C17H19FN2O2. The molecule has 116 valence electrons. The number of nitrogens with one attached hydrogen (secondary N) is 1. The Morgan fingerprint density at radius 2 is 2.14 bits per heavy atom. The van der Waals surface area contributed by atoms with Gasteiger partial charge in [0.15, 0.2) is 0 Å². The second-order valence-corrected chi connectivity index (χ2v) is 5.62. The Balaban J connectivity index is 2.47. The number of halogens is 1. The van der Waals surface area contributed by atoms with Crippen LogP contribution in [0.4, 0.5) is 9.18 Å². The number of hydrogen-bond acceptors (Lipinski definition) is 3. The van der Waals surface area contributed by atoms with Crippen molar-refractivity contribution in [3.8, 4) is 17.9 Å². The minimum atomic E-state index is -0.527. The molecule has 0 fully saturated rings. The van der Waals surface area contributed by atoms with E-state index in [1.807, 2.05) is 6.07 Å². The molecule has 0 unspecified atom stereocenters. The first-order valence-electron chi connectivity index (χ1n) is 6.93. The van der Waals surface area contributed by atoms with E-state index in [9.17, 15) is 9.18 Å². The van der Waals surface area contributed by atoms with Gasteiger partial charge in [-0.25, -0.2) is 9.18 Å². The molecule has 0 aromatic heterocycles. The molecule has 0 aliphatic heterocycles. The smallest absolute Gasteiger partial charge is 0.407 e. The number of nitriles is 1. The summed E-state index contributed by atoms with van der Waals surface area (Å²) in [7, 11) is 0. The molecule has 1 N–H and O–H groups in total. The van der Waals surface area contributed by atoms with Gasteiger partial charge in [0.25, 0.3) is 0 Å². The second kappa shape index (κ2) is 8.05. The summed E-state index contributed by atoms with van der Waals surface area (Å²) in [6, 6.07) is 6.33. The van der Waals surface area contributed by atoms with Gasteiger partial charge in [-0.15, -0.1) is 0 Å². The number of amides is 1. The van der Waals surface area contributed by atoms with Crippen molar-refractivity contribution in [3.63, 3.8) is 0 Å². The summed E-state index contributed by atoms with van der Waals surface area (Å²) >= 11 is 0. The molecule has 0 aliphatic carbocycles. The van der Waals surface area contributed by atoms with Gasteiger partial charge >= 0.3 is 6.09 Å². The number of carbonyl (C=O) groups is 1. The van der Waals surface area contributed by atoms with Crippen LogP contribution >= 0.6 is 0 Å². The molecule has 0 radical (unpaired) electrons. The molecule has 4 nitrogen and oxygen atoms in total. The van der Waals surface area contributed by atoms with Gasteiger partial charge in [-0.1, -0.05) is 11.8 Å². The number of ether oxygens (including phenoxy) is 1. The van der Waals surface area contributed by atoms with Crippen molar-refractivity contribution in [2.24, 2.45) is 0 Å². The topological polar surface area (TPSA) is 62.1 Å². The van der Waals surface area contributed by atoms with Gasteiger partial charge < -0.3 is 10.1 Å². The molecule has 0 spiro atoms. The van der Waals surface area contributed by atoms with Crippen LogP contribution < -0.4 is 5.32 Å². The lowest BCUT2D eigenvalue weighted by Crippen LogP contribution is -2.32. The standard InChI is InChI=1S/C17H19FN2O2/c1-17(2,3)22-16(21)20-11-5-4-6-13-7-8-15(18)14(12-13)9-10-19/h7-8,12H,5,9,11H2,1-3H3,(H,20,21). The highest BCUT2D eigenvalue weighted by atomic mass is 19.1. The van der Waals surface area contributed by atoms with Gasteiger partial charge in [-0.3, -0.25) is 0 Å². The van der Waals surface area contributed by atoms with Gasteiger partial charge in [0.05, 0.1) is 12.5 Å². The summed E-state index contributed by atoms with van der Waals surface area (Å²) in [5, 5.41) is 11.2. The minimum Gasteiger partial charge on any atom is -0.444 e. The van der Waals surface area contributed by atoms with E-state index in [1.54, 1.807) is 32.9 Å². The van der Waals surface area contributed by atoms with E-state index >= 15 is 0 Å². The van der Waals surface area contributed by atoms with Crippen molar-refractivity contribution in [2.75, 3.05) is 6.54 Å². The van der Waals surface area contributed by atoms with Crippen LogP contribution in [-0.2, 0) is 11.2 Å². The lowest BCUT2D eigenvalue weighted by Gasteiger charge is -2.19. The normalized spacial score (nSPS) is 10.1. The predicted octanol–water partition coefficient (Wildman–Crippen LogP) is 3.16. The molecule has 0 saturated carbocycles. The molecule has 0 atom stereocenters. The maximum absolute atomic E-state index is 13.4. The van der Waals surface area contributed by atoms with Crippen LogP contribution in [0.1, 0.15) is 38.3 Å². The van der Waals surface area contributed by atoms with E-state index in [-0.39, 0.29) is 6.42 Å². The quantitative estimate of drug-likeness (QED) is 0.689. The highest BCUT2D eigenvalue weighted by Gasteiger charge is 2.15. The van der Waals surface area contributed by atoms with Crippen molar-refractivity contribution in [1.29, 1.82) is 5.26 Å². The largest absolute Gasteiger partial charge is 0.444 e. The lowest BCUT2D eigenvalue weighted by atomic mass is 10.1. The fourth-order valence-electron chi connectivity index (χ4n) is 1.58. The molecular weight excluding hydrogens is 283 g/mol. The first-order valence-corrected chi connectivity index (χ1v) is 6.93. The average Bonchev–Trinajstić information content (AvgIpc) is 2.40. The number of carbonyl (C=O) groups excluding carboxylic acids is 1. The van der Waals surface area contributed by atoms with Gasteiger partial charge in [-0.2, -0.15) is 5.26 Å². The number of rotatable bonds is 3. The monoisotopic (exact) mass is 302 g/mol. The number of benzene rings is 1. The maximum atomic E-state index is 13.4. The molecule has 1 rings (SSSR count). The molecule has 1 aromatic rings. The van der Waals surface area contributed by atoms with Crippen LogP contribution in [0.25, 0.3) is 0 Å². The van der Waals surface area contributed by atoms with Crippen molar-refractivity contribution < 1.29 is 13.9 Å². The molecule has 5 heteroatoms. The molecule has 22 heavy (non-hydrogen) atoms. The third-order valence-corrected chi connectivity index (χ3v) is 2.47. The van der Waals surface area contributed by atoms with Gasteiger partial charge in [0, 0.05) is 24.1 Å². The summed E-state index contributed by atoms with van der Waals surface area (Å²) in [5.41, 5.74) is 0.450. The Kier molecular flexibility index (Phi) is 6.41. The van der Waals surface area contributed by atoms with E-state index in [0.29, 0.717) is 24.1 Å². The lowest BCUT2D eigenvalue weighted by molar-refractivity contribution is 0.0529. The van der Waals surface area contributed by atoms with Crippen LogP contribution in [0.5, 0.6) is 0 Å². The number of alkyl carbamates (subject to hydrolysis) is 1. The van der Waals surface area contributed by atoms with E-state index in [0.717, 1.165) is 0 Å². The van der Waals surface area contributed by atoms with E-state index in [1.165, 1.54) is 6.07 Å². The van der Waals surface area contributed by atoms with Crippen LogP contribution in [0.3, 0.4) is 0 Å². The Hall–Kier alpha value is -2.53. The van der Waals surface area contributed by atoms with E-state index < -0.39 is 17.5 Å². The minimum absolute atomic E-state index is 0.0154. The number of nitrogens with zero attached hydrogens (tertiary/aromatic N) is 1. The summed E-state index contributed by atoms with van der Waals surface area (Å²) in [6.07, 6.45) is -0.0152. The van der Waals surface area contributed by atoms with Crippen LogP contribution in [0, 0.1) is 29.0 Å². The summed E-state index contributed by atoms with van der Waals surface area (Å²) in [5.74, 6) is 5.35. The third kappa shape index (κ3) is 6.76. The Bertz CT molecular complexity index is 631. The summed E-state index contributed by atoms with van der Waals surface area (Å²) in [4.78, 5) is 11.4. The van der Waals surface area contributed by atoms with Gasteiger partial charge in [0.2, 0.25) is 0 Å². The maximum Gasteiger partial charge on any atom is 0.407 e. The van der Waals surface area contributed by atoms with Crippen molar-refractivity contribution >= 4 is 6.09 Å². The van der Waals surface area contributed by atoms with Crippen molar-refractivity contribution in [2.45, 2.75) is 39.2 Å². The second-order valence-electron chi connectivity index (χ2n) is 5.62. The number of hydrogen-bond donors (Lipinski definition) is 1. The first-order chi connectivity index (χ1) is 10.3. The van der Waals surface area contributed by atoms with E-state index in [2.05, 4.69) is 17.2 Å². The average molecular weight is 302 g/mol. The first kappa shape index (κ1) is 17.5. The SMILES string of the molecule is CC(C)(C)OC(=O)NCCC#Cc1ccc(F)c(CC#N)c1. The zero-order chi connectivity index (χ0) is 16.6. The fraction of sp³-hybridized carbons (Fsp3) is 0.412. The molecule has 0 aliphatic rings. The van der Waals surface area contributed by atoms with Crippen LogP contribution in [-0.4, -0.2) is 18.2 Å². The Morgan fingerprint density at radius 3 is 2.77 bits per heavy atom. The molecule has 0 saturated heterocycles. The van der Waals surface area contributed by atoms with Crippen molar-refractivity contribution in [1.82, 2.24) is 5.32 Å². The zero-order valence-electron chi connectivity index (χ0n) is 13.0. The van der Waals surface area contributed by atoms with Crippen LogP contribution in [0.15, 0.2) is 18.2 Å². The predicted molar refractivity (Wildman–Crippen MR) is 81.4 cm³/mol. The molecule has 0 heterocycles. The van der Waals surface area contributed by atoms with Gasteiger partial charge in [0.1, 0.15) is 11.4 Å². The van der Waals surface area contributed by atoms with Crippen molar-refractivity contribution in [3.05, 3.63) is 35.1 Å². The molecule has 1 amide bonds. The van der Waals surface area contributed by atoms with Crippen LogP contribution in [0.2, 0.25) is 0 Å². The highest BCUT2D eigenvalue weighted by Crippen LogP contribution is 2.10. The Labute approximate surface area is 130 Å². The molecule has 0 bridgehead atoms. The summed E-state index contributed by atoms with van der Waals surface area (Å²) in [6.45, 7) is 5.74.